The Balaban J connectivity index is 1.49. The van der Waals surface area contributed by atoms with Crippen LogP contribution in [0.2, 0.25) is 0 Å². The highest BCUT2D eigenvalue weighted by Gasteiger charge is 2.30. The van der Waals surface area contributed by atoms with Crippen LogP contribution in [0.4, 0.5) is 5.69 Å². The van der Waals surface area contributed by atoms with Crippen molar-refractivity contribution in [3.05, 3.63) is 24.4 Å². The summed E-state index contributed by atoms with van der Waals surface area (Å²) < 4.78 is 1.74. The molecule has 1 atom stereocenters. The molecule has 2 N–H and O–H groups in total. The summed E-state index contributed by atoms with van der Waals surface area (Å²) in [6, 6.07) is 4.99. The van der Waals surface area contributed by atoms with Crippen LogP contribution in [0.5, 0.6) is 0 Å². The molecule has 4 rings (SSSR count). The molecule has 1 aromatic carbocycles. The molecule has 2 aliphatic heterocycles. The highest BCUT2D eigenvalue weighted by molar-refractivity contribution is 5.98. The lowest BCUT2D eigenvalue weighted by Gasteiger charge is -2.25. The van der Waals surface area contributed by atoms with Crippen LogP contribution in [-0.4, -0.2) is 69.6 Å². The number of nitriles is 1. The van der Waals surface area contributed by atoms with E-state index < -0.39 is 6.04 Å². The number of nitrogens with one attached hydrogen (secondary N) is 2. The Kier molecular flexibility index (Phi) is 6.54. The number of hydrogen-bond donors (Lipinski definition) is 2. The highest BCUT2D eigenvalue weighted by atomic mass is 16.2. The van der Waals surface area contributed by atoms with Gasteiger partial charge in [0, 0.05) is 44.0 Å². The predicted molar refractivity (Wildman–Crippen MR) is 121 cm³/mol. The number of rotatable bonds is 4. The number of fused-ring (bicyclic) bond motifs is 1. The minimum Gasteiger partial charge on any atom is -0.341 e. The number of amides is 2. The van der Waals surface area contributed by atoms with E-state index in [1.807, 2.05) is 42.5 Å². The fraction of sp³-hybridized carbons (Fsp3) is 0.500. The molecule has 10 nitrogen and oxygen atoms in total. The first-order chi connectivity index (χ1) is 15.5. The smallest absolute Gasteiger partial charge is 0.247 e. The molecule has 0 spiro atoms. The van der Waals surface area contributed by atoms with Gasteiger partial charge in [0.2, 0.25) is 17.8 Å². The average Bonchev–Trinajstić information content (AvgIpc) is 3.39. The van der Waals surface area contributed by atoms with E-state index in [2.05, 4.69) is 20.7 Å². The zero-order valence-corrected chi connectivity index (χ0v) is 18.3. The largest absolute Gasteiger partial charge is 0.341 e. The van der Waals surface area contributed by atoms with Gasteiger partial charge in [0.1, 0.15) is 6.04 Å². The topological polar surface area (TPSA) is 119 Å². The van der Waals surface area contributed by atoms with E-state index in [0.29, 0.717) is 13.0 Å². The van der Waals surface area contributed by atoms with Crippen molar-refractivity contribution in [2.75, 3.05) is 31.5 Å². The van der Waals surface area contributed by atoms with Gasteiger partial charge in [-0.15, -0.1) is 0 Å². The number of carbonyl (C=O) groups is 2. The van der Waals surface area contributed by atoms with Crippen LogP contribution in [-0.2, 0) is 16.6 Å². The van der Waals surface area contributed by atoms with Crippen LogP contribution in [0.15, 0.2) is 29.4 Å². The van der Waals surface area contributed by atoms with E-state index in [4.69, 9.17) is 0 Å². The second-order valence-corrected chi connectivity index (χ2v) is 8.28. The number of benzene rings is 1. The van der Waals surface area contributed by atoms with Crippen molar-refractivity contribution < 1.29 is 9.59 Å². The number of carbonyl (C=O) groups excluding carboxylic acids is 2. The average molecular weight is 437 g/mol. The molecule has 0 aliphatic carbocycles. The minimum atomic E-state index is -0.644. The van der Waals surface area contributed by atoms with E-state index in [1.54, 1.807) is 9.58 Å². The summed E-state index contributed by atoms with van der Waals surface area (Å²) in [6.07, 6.45) is 8.06. The number of aliphatic imine (C=N–C) groups is 1. The Hall–Kier alpha value is -3.61. The standard InChI is InChI=1S/C22H28N8O2/c1-28-13-16-12-17(7-8-18(16)27-28)25-22(24-15-23)26-19-6-2-3-11-30(21(19)32)14-20(31)29-9-4-5-10-29/h7-8,12-13,19H,2-6,9-11,14H2,1H3,(H2,24,25,26)/t19-/m0/s1. The van der Waals surface area contributed by atoms with Gasteiger partial charge < -0.3 is 15.1 Å². The van der Waals surface area contributed by atoms with Crippen LogP contribution >= 0.6 is 0 Å². The monoisotopic (exact) mass is 436 g/mol. The number of nitrogens with zero attached hydrogens (tertiary/aromatic N) is 6. The molecule has 2 fully saturated rings. The van der Waals surface area contributed by atoms with Crippen LogP contribution in [0.3, 0.4) is 0 Å². The maximum absolute atomic E-state index is 13.2. The first-order valence-corrected chi connectivity index (χ1v) is 11.0. The number of hydrogen-bond acceptors (Lipinski definition) is 5. The second-order valence-electron chi connectivity index (χ2n) is 8.28. The number of likely N-dealkylation sites (tertiary alicyclic amines) is 2. The van der Waals surface area contributed by atoms with E-state index in [1.165, 1.54) is 0 Å². The minimum absolute atomic E-state index is 0.00116. The Morgan fingerprint density at radius 1 is 1.25 bits per heavy atom. The maximum Gasteiger partial charge on any atom is 0.247 e. The Morgan fingerprint density at radius 3 is 2.81 bits per heavy atom. The Labute approximate surface area is 186 Å². The quantitative estimate of drug-likeness (QED) is 0.324. The number of aromatic nitrogens is 2. The second kappa shape index (κ2) is 9.68. The summed E-state index contributed by atoms with van der Waals surface area (Å²) >= 11 is 0. The SMILES string of the molecule is Cn1cc2cc(NC(=N[C@H]3CCCCN(CC(=O)N4CCCC4)C3=O)NC#N)ccc2n1. The molecule has 3 heterocycles. The van der Waals surface area contributed by atoms with Gasteiger partial charge in [-0.3, -0.25) is 19.6 Å². The third-order valence-corrected chi connectivity index (χ3v) is 5.88. The molecule has 0 unspecified atom stereocenters. The molecule has 2 saturated heterocycles. The van der Waals surface area contributed by atoms with Gasteiger partial charge >= 0.3 is 0 Å². The van der Waals surface area contributed by atoms with Gasteiger partial charge in [0.15, 0.2) is 6.19 Å². The molecular weight excluding hydrogens is 408 g/mol. The molecule has 2 aromatic rings. The van der Waals surface area contributed by atoms with Gasteiger partial charge in [-0.1, -0.05) is 0 Å². The molecule has 2 amide bonds. The van der Waals surface area contributed by atoms with Crippen molar-refractivity contribution in [1.29, 1.82) is 5.26 Å². The van der Waals surface area contributed by atoms with Gasteiger partial charge in [-0.2, -0.15) is 10.4 Å². The number of anilines is 1. The molecular formula is C22H28N8O2. The molecule has 0 bridgehead atoms. The molecule has 0 radical (unpaired) electrons. The molecule has 10 heteroatoms. The van der Waals surface area contributed by atoms with E-state index in [9.17, 15) is 14.9 Å². The van der Waals surface area contributed by atoms with Crippen LogP contribution in [0.1, 0.15) is 32.1 Å². The number of guanidine groups is 1. The third-order valence-electron chi connectivity index (χ3n) is 5.88. The lowest BCUT2D eigenvalue weighted by Crippen LogP contribution is -2.45. The van der Waals surface area contributed by atoms with Crippen molar-refractivity contribution in [2.24, 2.45) is 12.0 Å². The normalized spacial score (nSPS) is 19.7. The molecule has 0 saturated carbocycles. The summed E-state index contributed by atoms with van der Waals surface area (Å²) in [5, 5.41) is 20.1. The van der Waals surface area contributed by atoms with Crippen LogP contribution in [0, 0.1) is 11.5 Å². The van der Waals surface area contributed by atoms with Gasteiger partial charge in [-0.25, -0.2) is 4.99 Å². The zero-order valence-electron chi connectivity index (χ0n) is 18.3. The Morgan fingerprint density at radius 2 is 2.03 bits per heavy atom. The maximum atomic E-state index is 13.2. The summed E-state index contributed by atoms with van der Waals surface area (Å²) in [7, 11) is 1.86. The van der Waals surface area contributed by atoms with Crippen molar-refractivity contribution in [1.82, 2.24) is 24.9 Å². The molecule has 2 aliphatic rings. The zero-order chi connectivity index (χ0) is 22.5. The van der Waals surface area contributed by atoms with E-state index in [0.717, 1.165) is 55.4 Å². The summed E-state index contributed by atoms with van der Waals surface area (Å²) in [4.78, 5) is 33.7. The Bertz CT molecular complexity index is 1060. The van der Waals surface area contributed by atoms with Crippen molar-refractivity contribution in [3.8, 4) is 6.19 Å². The molecule has 168 valence electrons. The lowest BCUT2D eigenvalue weighted by atomic mass is 10.1. The summed E-state index contributed by atoms with van der Waals surface area (Å²) in [5.74, 6) is 0.0392. The van der Waals surface area contributed by atoms with Gasteiger partial charge in [0.25, 0.3) is 0 Å². The highest BCUT2D eigenvalue weighted by Crippen LogP contribution is 2.19. The van der Waals surface area contributed by atoms with Gasteiger partial charge in [0.05, 0.1) is 12.1 Å². The fourth-order valence-electron chi connectivity index (χ4n) is 4.26. The van der Waals surface area contributed by atoms with Crippen molar-refractivity contribution >= 4 is 34.4 Å². The van der Waals surface area contributed by atoms with Crippen LogP contribution in [0.25, 0.3) is 10.9 Å². The summed E-state index contributed by atoms with van der Waals surface area (Å²) in [6.45, 7) is 2.18. The first kappa shape index (κ1) is 21.6. The van der Waals surface area contributed by atoms with Crippen molar-refractivity contribution in [3.63, 3.8) is 0 Å². The third kappa shape index (κ3) is 4.99. The number of aryl methyl sites for hydroxylation is 1. The van der Waals surface area contributed by atoms with E-state index in [-0.39, 0.29) is 24.3 Å². The predicted octanol–water partition coefficient (Wildman–Crippen LogP) is 1.42. The lowest BCUT2D eigenvalue weighted by molar-refractivity contribution is -0.140. The molecule has 32 heavy (non-hydrogen) atoms. The molecule has 1 aromatic heterocycles. The summed E-state index contributed by atoms with van der Waals surface area (Å²) in [5.41, 5.74) is 1.59. The van der Waals surface area contributed by atoms with E-state index >= 15 is 0 Å². The fourth-order valence-corrected chi connectivity index (χ4v) is 4.26. The van der Waals surface area contributed by atoms with Crippen LogP contribution < -0.4 is 10.6 Å². The first-order valence-electron chi connectivity index (χ1n) is 11.0. The van der Waals surface area contributed by atoms with Gasteiger partial charge in [-0.05, 0) is 50.3 Å². The van der Waals surface area contributed by atoms with Crippen molar-refractivity contribution in [2.45, 2.75) is 38.1 Å².